The predicted molar refractivity (Wildman–Crippen MR) is 83.5 cm³/mol. The maximum Gasteiger partial charge on any atom is 0.277 e. The highest BCUT2D eigenvalue weighted by molar-refractivity contribution is 5.83. The van der Waals surface area contributed by atoms with E-state index in [0.717, 1.165) is 11.1 Å². The van der Waals surface area contributed by atoms with E-state index in [4.69, 9.17) is 4.74 Å². The molecular weight excluding hydrogens is 283 g/mol. The summed E-state index contributed by atoms with van der Waals surface area (Å²) in [5.41, 5.74) is 4.85. The fourth-order valence-corrected chi connectivity index (χ4v) is 1.74. The van der Waals surface area contributed by atoms with Crippen LogP contribution in [0.1, 0.15) is 16.7 Å². The number of nitrogens with one attached hydrogen (secondary N) is 1. The van der Waals surface area contributed by atoms with Gasteiger partial charge < -0.3 is 4.74 Å². The summed E-state index contributed by atoms with van der Waals surface area (Å²) >= 11 is 0. The highest BCUT2D eigenvalue weighted by Crippen LogP contribution is 2.16. The molecule has 2 rings (SSSR count). The lowest BCUT2D eigenvalue weighted by molar-refractivity contribution is -0.123. The van der Waals surface area contributed by atoms with Crippen LogP contribution in [0.2, 0.25) is 0 Å². The van der Waals surface area contributed by atoms with E-state index in [0.29, 0.717) is 11.3 Å². The number of carbonyl (C=O) groups is 1. The minimum absolute atomic E-state index is 0.156. The second-order valence-corrected chi connectivity index (χ2v) is 4.85. The van der Waals surface area contributed by atoms with Gasteiger partial charge in [0.25, 0.3) is 5.91 Å². The molecule has 0 aliphatic heterocycles. The zero-order chi connectivity index (χ0) is 15.9. The Morgan fingerprint density at radius 1 is 1.23 bits per heavy atom. The molecule has 5 heteroatoms. The Balaban J connectivity index is 1.83. The van der Waals surface area contributed by atoms with E-state index in [2.05, 4.69) is 10.5 Å². The fourth-order valence-electron chi connectivity index (χ4n) is 1.74. The molecule has 0 unspecified atom stereocenters. The minimum atomic E-state index is -0.411. The van der Waals surface area contributed by atoms with Gasteiger partial charge in [0.2, 0.25) is 0 Å². The van der Waals surface area contributed by atoms with E-state index in [1.807, 2.05) is 26.0 Å². The highest BCUT2D eigenvalue weighted by Gasteiger charge is 2.03. The molecule has 0 heterocycles. The molecule has 0 radical (unpaired) electrons. The van der Waals surface area contributed by atoms with Gasteiger partial charge in [-0.15, -0.1) is 0 Å². The first-order valence-corrected chi connectivity index (χ1v) is 6.83. The molecule has 0 aliphatic carbocycles. The lowest BCUT2D eigenvalue weighted by atomic mass is 10.1. The Bertz CT molecular complexity index is 699. The third-order valence-electron chi connectivity index (χ3n) is 3.15. The Kier molecular flexibility index (Phi) is 5.25. The van der Waals surface area contributed by atoms with Gasteiger partial charge in [0, 0.05) is 5.56 Å². The van der Waals surface area contributed by atoms with Gasteiger partial charge in [0.05, 0.1) is 6.21 Å². The molecule has 1 N–H and O–H groups in total. The molecule has 22 heavy (non-hydrogen) atoms. The Hall–Kier alpha value is -2.69. The number of hydrazone groups is 1. The number of ether oxygens (including phenoxy) is 1. The normalized spacial score (nSPS) is 10.7. The molecule has 2 aromatic carbocycles. The van der Waals surface area contributed by atoms with Gasteiger partial charge in [-0.3, -0.25) is 4.79 Å². The summed E-state index contributed by atoms with van der Waals surface area (Å²) in [7, 11) is 0. The second-order valence-electron chi connectivity index (χ2n) is 4.85. The summed E-state index contributed by atoms with van der Waals surface area (Å²) in [6.07, 6.45) is 1.25. The highest BCUT2D eigenvalue weighted by atomic mass is 19.1. The zero-order valence-electron chi connectivity index (χ0n) is 12.5. The van der Waals surface area contributed by atoms with E-state index in [9.17, 15) is 9.18 Å². The summed E-state index contributed by atoms with van der Waals surface area (Å²) in [6.45, 7) is 3.82. The largest absolute Gasteiger partial charge is 0.484 e. The van der Waals surface area contributed by atoms with Crippen molar-refractivity contribution < 1.29 is 13.9 Å². The SMILES string of the molecule is Cc1ccc(OCC(=O)NN=Cc2ccccc2F)cc1C. The summed E-state index contributed by atoms with van der Waals surface area (Å²) < 4.78 is 18.7. The van der Waals surface area contributed by atoms with Crippen LogP contribution in [0.3, 0.4) is 0 Å². The molecule has 0 aliphatic rings. The van der Waals surface area contributed by atoms with E-state index >= 15 is 0 Å². The number of halogens is 1. The van der Waals surface area contributed by atoms with Gasteiger partial charge in [-0.25, -0.2) is 9.82 Å². The quantitative estimate of drug-likeness (QED) is 0.682. The van der Waals surface area contributed by atoms with Crippen molar-refractivity contribution in [2.24, 2.45) is 5.10 Å². The molecular formula is C17H17FN2O2. The number of hydrogen-bond donors (Lipinski definition) is 1. The maximum atomic E-state index is 13.3. The molecule has 114 valence electrons. The first kappa shape index (κ1) is 15.7. The van der Waals surface area contributed by atoms with Crippen molar-refractivity contribution in [2.45, 2.75) is 13.8 Å². The smallest absolute Gasteiger partial charge is 0.277 e. The number of aryl methyl sites for hydroxylation is 2. The molecule has 0 saturated carbocycles. The summed E-state index contributed by atoms with van der Waals surface area (Å²) in [5, 5.41) is 3.70. The van der Waals surface area contributed by atoms with Crippen molar-refractivity contribution in [3.05, 3.63) is 65.0 Å². The average molecular weight is 300 g/mol. The van der Waals surface area contributed by atoms with Crippen LogP contribution in [0.15, 0.2) is 47.6 Å². The molecule has 0 bridgehead atoms. The van der Waals surface area contributed by atoms with E-state index in [-0.39, 0.29) is 6.61 Å². The maximum absolute atomic E-state index is 13.3. The average Bonchev–Trinajstić information content (AvgIpc) is 2.50. The lowest BCUT2D eigenvalue weighted by Gasteiger charge is -2.07. The Morgan fingerprint density at radius 3 is 2.73 bits per heavy atom. The van der Waals surface area contributed by atoms with Gasteiger partial charge in [-0.2, -0.15) is 5.10 Å². The summed E-state index contributed by atoms with van der Waals surface area (Å²) in [6, 6.07) is 11.8. The van der Waals surface area contributed by atoms with Gasteiger partial charge in [-0.05, 0) is 43.2 Å². The molecule has 0 saturated heterocycles. The fraction of sp³-hybridized carbons (Fsp3) is 0.176. The van der Waals surface area contributed by atoms with Crippen LogP contribution in [0, 0.1) is 19.7 Å². The van der Waals surface area contributed by atoms with Gasteiger partial charge in [0.15, 0.2) is 6.61 Å². The summed E-state index contributed by atoms with van der Waals surface area (Å²) in [5.74, 6) is -0.186. The zero-order valence-corrected chi connectivity index (χ0v) is 12.5. The van der Waals surface area contributed by atoms with Crippen molar-refractivity contribution in [3.63, 3.8) is 0 Å². The van der Waals surface area contributed by atoms with Crippen LogP contribution in [0.25, 0.3) is 0 Å². The molecule has 4 nitrogen and oxygen atoms in total. The van der Waals surface area contributed by atoms with Crippen molar-refractivity contribution in [2.75, 3.05) is 6.61 Å². The topological polar surface area (TPSA) is 50.7 Å². The van der Waals surface area contributed by atoms with Crippen LogP contribution in [0.4, 0.5) is 4.39 Å². The summed E-state index contributed by atoms with van der Waals surface area (Å²) in [4.78, 5) is 11.6. The molecule has 2 aromatic rings. The first-order valence-electron chi connectivity index (χ1n) is 6.83. The Morgan fingerprint density at radius 2 is 2.00 bits per heavy atom. The molecule has 0 aromatic heterocycles. The van der Waals surface area contributed by atoms with Gasteiger partial charge >= 0.3 is 0 Å². The molecule has 0 spiro atoms. The van der Waals surface area contributed by atoms with Gasteiger partial charge in [0.1, 0.15) is 11.6 Å². The van der Waals surface area contributed by atoms with Gasteiger partial charge in [-0.1, -0.05) is 24.3 Å². The Labute approximate surface area is 128 Å². The van der Waals surface area contributed by atoms with Crippen LogP contribution in [-0.4, -0.2) is 18.7 Å². The number of nitrogens with zero attached hydrogens (tertiary/aromatic N) is 1. The lowest BCUT2D eigenvalue weighted by Crippen LogP contribution is -2.24. The van der Waals surface area contributed by atoms with Crippen LogP contribution in [-0.2, 0) is 4.79 Å². The molecule has 0 atom stereocenters. The number of hydrogen-bond acceptors (Lipinski definition) is 3. The number of carbonyl (C=O) groups excluding carboxylic acids is 1. The number of benzene rings is 2. The van der Waals surface area contributed by atoms with Crippen molar-refractivity contribution >= 4 is 12.1 Å². The number of amides is 1. The first-order chi connectivity index (χ1) is 10.6. The van der Waals surface area contributed by atoms with Crippen LogP contribution < -0.4 is 10.2 Å². The minimum Gasteiger partial charge on any atom is -0.484 e. The van der Waals surface area contributed by atoms with Crippen molar-refractivity contribution in [3.8, 4) is 5.75 Å². The monoisotopic (exact) mass is 300 g/mol. The second kappa shape index (κ2) is 7.36. The van der Waals surface area contributed by atoms with Crippen molar-refractivity contribution in [1.29, 1.82) is 0 Å². The standard InChI is InChI=1S/C17H17FN2O2/c1-12-7-8-15(9-13(12)2)22-11-17(21)20-19-10-14-5-3-4-6-16(14)18/h3-10H,11H2,1-2H3,(H,20,21). The third kappa shape index (κ3) is 4.41. The van der Waals surface area contributed by atoms with E-state index < -0.39 is 11.7 Å². The van der Waals surface area contributed by atoms with Crippen LogP contribution in [0.5, 0.6) is 5.75 Å². The number of rotatable bonds is 5. The predicted octanol–water partition coefficient (Wildman–Crippen LogP) is 2.97. The van der Waals surface area contributed by atoms with E-state index in [1.54, 1.807) is 24.3 Å². The molecule has 0 fully saturated rings. The third-order valence-corrected chi connectivity index (χ3v) is 3.15. The van der Waals surface area contributed by atoms with Crippen molar-refractivity contribution in [1.82, 2.24) is 5.43 Å². The van der Waals surface area contributed by atoms with Crippen LogP contribution >= 0.6 is 0 Å². The van der Waals surface area contributed by atoms with E-state index in [1.165, 1.54) is 12.3 Å². The molecule has 1 amide bonds.